The Labute approximate surface area is 78.6 Å². The van der Waals surface area contributed by atoms with Crippen molar-refractivity contribution in [2.45, 2.75) is 13.0 Å². The Hall–Kier alpha value is -0.750. The summed E-state index contributed by atoms with van der Waals surface area (Å²) in [7, 11) is 1.55. The van der Waals surface area contributed by atoms with Crippen LogP contribution in [0.5, 0.6) is 0 Å². The Morgan fingerprint density at radius 3 is 2.85 bits per heavy atom. The molecule has 0 aliphatic carbocycles. The monoisotopic (exact) mass is 208 g/mol. The first kappa shape index (κ1) is 10.3. The van der Waals surface area contributed by atoms with E-state index in [0.29, 0.717) is 10.0 Å². The van der Waals surface area contributed by atoms with Gasteiger partial charge in [-0.2, -0.15) is 0 Å². The van der Waals surface area contributed by atoms with Gasteiger partial charge in [-0.25, -0.2) is 13.8 Å². The highest BCUT2D eigenvalue weighted by Crippen LogP contribution is 2.21. The molecule has 0 spiro atoms. The third kappa shape index (κ3) is 2.89. The molecule has 1 N–H and O–H groups in total. The number of rotatable bonds is 4. The fourth-order valence-corrected chi connectivity index (χ4v) is 1.57. The molecule has 0 fully saturated rings. The summed E-state index contributed by atoms with van der Waals surface area (Å²) in [6.07, 6.45) is -0.881. The van der Waals surface area contributed by atoms with Crippen LogP contribution in [-0.2, 0) is 6.61 Å². The molecule has 1 heterocycles. The van der Waals surface area contributed by atoms with E-state index in [1.165, 1.54) is 22.4 Å². The molecule has 3 nitrogen and oxygen atoms in total. The van der Waals surface area contributed by atoms with Gasteiger partial charge in [-0.1, -0.05) is 11.3 Å². The smallest absolute Gasteiger partial charge is 0.255 e. The van der Waals surface area contributed by atoms with Crippen molar-refractivity contribution in [2.75, 3.05) is 18.5 Å². The van der Waals surface area contributed by atoms with Crippen molar-refractivity contribution in [3.63, 3.8) is 0 Å². The fraction of sp³-hybridized carbons (Fsp3) is 0.571. The first-order valence-electron chi connectivity index (χ1n) is 3.68. The number of thiazole rings is 1. The molecule has 0 aromatic carbocycles. The number of hydrogen-bond donors (Lipinski definition) is 1. The second-order valence-electron chi connectivity index (χ2n) is 2.54. The minimum atomic E-state index is -2.37. The van der Waals surface area contributed by atoms with Crippen LogP contribution < -0.4 is 4.90 Å². The number of alkyl halides is 2. The van der Waals surface area contributed by atoms with Crippen LogP contribution in [-0.4, -0.2) is 30.1 Å². The first-order valence-corrected chi connectivity index (χ1v) is 4.50. The van der Waals surface area contributed by atoms with Gasteiger partial charge < -0.3 is 10.0 Å². The zero-order chi connectivity index (χ0) is 9.84. The van der Waals surface area contributed by atoms with Gasteiger partial charge in [-0.15, -0.1) is 0 Å². The van der Waals surface area contributed by atoms with E-state index in [-0.39, 0.29) is 13.2 Å². The Morgan fingerprint density at radius 1 is 1.69 bits per heavy atom. The largest absolute Gasteiger partial charge is 0.391 e. The van der Waals surface area contributed by atoms with Crippen molar-refractivity contribution >= 4 is 16.5 Å². The molecule has 6 heteroatoms. The van der Waals surface area contributed by atoms with Crippen LogP contribution in [0.4, 0.5) is 13.9 Å². The minimum Gasteiger partial charge on any atom is -0.391 e. The molecule has 0 amide bonds. The van der Waals surface area contributed by atoms with E-state index in [1.54, 1.807) is 7.05 Å². The summed E-state index contributed by atoms with van der Waals surface area (Å²) >= 11 is 1.21. The fourth-order valence-electron chi connectivity index (χ4n) is 0.832. The van der Waals surface area contributed by atoms with Gasteiger partial charge in [0.1, 0.15) is 0 Å². The van der Waals surface area contributed by atoms with Gasteiger partial charge in [0.2, 0.25) is 0 Å². The number of nitrogens with zero attached hydrogens (tertiary/aromatic N) is 2. The molecular formula is C7H10F2N2OS. The van der Waals surface area contributed by atoms with Gasteiger partial charge in [-0.3, -0.25) is 0 Å². The van der Waals surface area contributed by atoms with Crippen molar-refractivity contribution in [3.05, 3.63) is 11.1 Å². The Morgan fingerprint density at radius 2 is 2.38 bits per heavy atom. The summed E-state index contributed by atoms with van der Waals surface area (Å²) in [6, 6.07) is 0. The summed E-state index contributed by atoms with van der Waals surface area (Å²) in [4.78, 5) is 5.94. The summed E-state index contributed by atoms with van der Waals surface area (Å²) in [6.45, 7) is -0.432. The lowest BCUT2D eigenvalue weighted by molar-refractivity contribution is 0.156. The molecule has 0 aliphatic rings. The molecule has 1 aromatic rings. The maximum absolute atomic E-state index is 11.9. The highest BCUT2D eigenvalue weighted by Gasteiger charge is 2.11. The molecule has 0 atom stereocenters. The zero-order valence-corrected chi connectivity index (χ0v) is 7.89. The van der Waals surface area contributed by atoms with Crippen molar-refractivity contribution in [1.29, 1.82) is 0 Å². The second-order valence-corrected chi connectivity index (χ2v) is 3.63. The standard InChI is InChI=1S/C7H10F2N2OS/c1-11(3-6(8)9)7-10-2-5(4-12)13-7/h2,6,12H,3-4H2,1H3. The van der Waals surface area contributed by atoms with Crippen LogP contribution in [0, 0.1) is 0 Å². The van der Waals surface area contributed by atoms with E-state index < -0.39 is 6.43 Å². The molecule has 74 valence electrons. The molecule has 1 aromatic heterocycles. The predicted octanol–water partition coefficient (Wildman–Crippen LogP) is 1.34. The Bertz CT molecular complexity index is 267. The Kier molecular flexibility index (Phi) is 3.56. The Balaban J connectivity index is 2.60. The lowest BCUT2D eigenvalue weighted by Crippen LogP contribution is -2.23. The van der Waals surface area contributed by atoms with E-state index in [0.717, 1.165) is 0 Å². The lowest BCUT2D eigenvalue weighted by atomic mass is 10.6. The van der Waals surface area contributed by atoms with Gasteiger partial charge in [0.25, 0.3) is 6.43 Å². The summed E-state index contributed by atoms with van der Waals surface area (Å²) < 4.78 is 23.9. The number of aliphatic hydroxyl groups is 1. The molecule has 1 rings (SSSR count). The average molecular weight is 208 g/mol. The summed E-state index contributed by atoms with van der Waals surface area (Å²) in [5, 5.41) is 9.22. The van der Waals surface area contributed by atoms with Crippen molar-refractivity contribution in [1.82, 2.24) is 4.98 Å². The van der Waals surface area contributed by atoms with E-state index in [2.05, 4.69) is 4.98 Å². The first-order chi connectivity index (χ1) is 6.13. The van der Waals surface area contributed by atoms with Crippen LogP contribution in [0.15, 0.2) is 6.20 Å². The van der Waals surface area contributed by atoms with E-state index >= 15 is 0 Å². The number of aromatic nitrogens is 1. The average Bonchev–Trinajstić information content (AvgIpc) is 2.50. The van der Waals surface area contributed by atoms with Crippen LogP contribution in [0.3, 0.4) is 0 Å². The van der Waals surface area contributed by atoms with Crippen LogP contribution in [0.25, 0.3) is 0 Å². The normalized spacial score (nSPS) is 10.8. The lowest BCUT2D eigenvalue weighted by Gasteiger charge is -2.13. The van der Waals surface area contributed by atoms with Crippen LogP contribution >= 0.6 is 11.3 Å². The summed E-state index contributed by atoms with van der Waals surface area (Å²) in [5.74, 6) is 0. The number of aliphatic hydroxyl groups excluding tert-OH is 1. The van der Waals surface area contributed by atoms with E-state index in [1.807, 2.05) is 0 Å². The highest BCUT2D eigenvalue weighted by molar-refractivity contribution is 7.15. The van der Waals surface area contributed by atoms with Crippen molar-refractivity contribution in [2.24, 2.45) is 0 Å². The van der Waals surface area contributed by atoms with Crippen LogP contribution in [0.2, 0.25) is 0 Å². The minimum absolute atomic E-state index is 0.0970. The quantitative estimate of drug-likeness (QED) is 0.811. The molecule has 0 aliphatic heterocycles. The van der Waals surface area contributed by atoms with Gasteiger partial charge in [0, 0.05) is 13.2 Å². The predicted molar refractivity (Wildman–Crippen MR) is 47.3 cm³/mol. The number of halogens is 2. The van der Waals surface area contributed by atoms with Crippen molar-refractivity contribution in [3.8, 4) is 0 Å². The molecule has 0 bridgehead atoms. The third-order valence-corrected chi connectivity index (χ3v) is 2.53. The van der Waals surface area contributed by atoms with Gasteiger partial charge >= 0.3 is 0 Å². The SMILES string of the molecule is CN(CC(F)F)c1ncc(CO)s1. The van der Waals surface area contributed by atoms with Gasteiger partial charge in [0.05, 0.1) is 18.0 Å². The summed E-state index contributed by atoms with van der Waals surface area (Å²) in [5.41, 5.74) is 0. The topological polar surface area (TPSA) is 36.4 Å². The second kappa shape index (κ2) is 4.48. The zero-order valence-electron chi connectivity index (χ0n) is 7.07. The van der Waals surface area contributed by atoms with E-state index in [9.17, 15) is 8.78 Å². The van der Waals surface area contributed by atoms with Crippen molar-refractivity contribution < 1.29 is 13.9 Å². The maximum Gasteiger partial charge on any atom is 0.255 e. The molecule has 0 unspecified atom stereocenters. The molecule has 0 radical (unpaired) electrons. The highest BCUT2D eigenvalue weighted by atomic mass is 32.1. The molecule has 0 saturated heterocycles. The number of hydrogen-bond acceptors (Lipinski definition) is 4. The van der Waals surface area contributed by atoms with Gasteiger partial charge in [0.15, 0.2) is 5.13 Å². The molecular weight excluding hydrogens is 198 g/mol. The molecule has 0 saturated carbocycles. The number of anilines is 1. The third-order valence-electron chi connectivity index (χ3n) is 1.44. The molecule has 13 heavy (non-hydrogen) atoms. The van der Waals surface area contributed by atoms with E-state index in [4.69, 9.17) is 5.11 Å². The van der Waals surface area contributed by atoms with Gasteiger partial charge in [-0.05, 0) is 0 Å². The maximum atomic E-state index is 11.9. The van der Waals surface area contributed by atoms with Crippen LogP contribution in [0.1, 0.15) is 4.88 Å².